The minimum atomic E-state index is -0.472. The number of carbonyl (C=O) groups is 1. The van der Waals surface area contributed by atoms with Crippen LogP contribution in [0.4, 0.5) is 15.8 Å². The maximum absolute atomic E-state index is 14.1. The van der Waals surface area contributed by atoms with Gasteiger partial charge in [-0.2, -0.15) is 0 Å². The standard InChI is InChI=1S/C19H17ClFN5O2/c1-26-24-17(23-19(27)12-8-9-16(28-2)13(20)11-12)7-4-10-22-15-6-3-5-14(21)18(15)25-26/h3-11,25H,1-2H3,(H,23,24,27)/b7-4+,22-10?. The molecule has 0 unspecified atom stereocenters. The molecule has 1 aliphatic heterocycles. The Morgan fingerprint density at radius 1 is 1.32 bits per heavy atom. The van der Waals surface area contributed by atoms with Crippen molar-refractivity contribution >= 4 is 40.9 Å². The summed E-state index contributed by atoms with van der Waals surface area (Å²) in [6, 6.07) is 9.23. The summed E-state index contributed by atoms with van der Waals surface area (Å²) in [6.45, 7) is 0. The molecule has 0 bridgehead atoms. The predicted octanol–water partition coefficient (Wildman–Crippen LogP) is 3.76. The molecule has 0 radical (unpaired) electrons. The SMILES string of the molecule is COc1ccc(C(=O)NC2=N/N(C)Nc3c(F)cccc3N=C\C=C\2)cc1Cl. The number of rotatable bonds is 2. The number of allylic oxidation sites excluding steroid dienone is 1. The highest BCUT2D eigenvalue weighted by atomic mass is 35.5. The number of nitrogens with zero attached hydrogens (tertiary/aromatic N) is 3. The van der Waals surface area contributed by atoms with Gasteiger partial charge in [0.05, 0.1) is 17.8 Å². The third kappa shape index (κ3) is 4.47. The van der Waals surface area contributed by atoms with E-state index >= 15 is 0 Å². The van der Waals surface area contributed by atoms with Gasteiger partial charge in [-0.3, -0.25) is 15.2 Å². The van der Waals surface area contributed by atoms with Crippen molar-refractivity contribution in [3.05, 3.63) is 65.0 Å². The molecule has 0 spiro atoms. The largest absolute Gasteiger partial charge is 0.495 e. The number of para-hydroxylation sites is 1. The number of halogens is 2. The molecule has 0 saturated heterocycles. The molecule has 0 fully saturated rings. The number of hydrazine groups is 1. The van der Waals surface area contributed by atoms with Gasteiger partial charge < -0.3 is 10.1 Å². The number of methoxy groups -OCH3 is 1. The van der Waals surface area contributed by atoms with E-state index in [4.69, 9.17) is 16.3 Å². The van der Waals surface area contributed by atoms with Gasteiger partial charge in [0.2, 0.25) is 0 Å². The lowest BCUT2D eigenvalue weighted by Gasteiger charge is -2.19. The Labute approximate surface area is 166 Å². The summed E-state index contributed by atoms with van der Waals surface area (Å²) >= 11 is 6.07. The van der Waals surface area contributed by atoms with E-state index in [9.17, 15) is 9.18 Å². The number of nitrogens with one attached hydrogen (secondary N) is 2. The van der Waals surface area contributed by atoms with Gasteiger partial charge in [0.15, 0.2) is 5.84 Å². The van der Waals surface area contributed by atoms with E-state index in [1.165, 1.54) is 30.6 Å². The molecule has 0 aliphatic carbocycles. The molecule has 144 valence electrons. The Morgan fingerprint density at radius 3 is 2.89 bits per heavy atom. The van der Waals surface area contributed by atoms with Gasteiger partial charge in [-0.05, 0) is 42.5 Å². The Bertz CT molecular complexity index is 990. The molecule has 0 aromatic heterocycles. The van der Waals surface area contributed by atoms with E-state index in [1.54, 1.807) is 43.5 Å². The molecule has 1 amide bonds. The number of hydrogen-bond donors (Lipinski definition) is 2. The Kier molecular flexibility index (Phi) is 5.90. The zero-order valence-electron chi connectivity index (χ0n) is 15.1. The van der Waals surface area contributed by atoms with Crippen molar-refractivity contribution in [2.75, 3.05) is 19.6 Å². The van der Waals surface area contributed by atoms with Crippen molar-refractivity contribution in [1.82, 2.24) is 10.4 Å². The van der Waals surface area contributed by atoms with Crippen LogP contribution in [0.25, 0.3) is 0 Å². The van der Waals surface area contributed by atoms with Gasteiger partial charge in [0.1, 0.15) is 17.3 Å². The molecule has 1 heterocycles. The second kappa shape index (κ2) is 8.53. The van der Waals surface area contributed by atoms with Crippen molar-refractivity contribution in [2.45, 2.75) is 0 Å². The molecule has 28 heavy (non-hydrogen) atoms. The maximum atomic E-state index is 14.1. The highest BCUT2D eigenvalue weighted by Crippen LogP contribution is 2.28. The highest BCUT2D eigenvalue weighted by molar-refractivity contribution is 6.32. The summed E-state index contributed by atoms with van der Waals surface area (Å²) in [5, 5.41) is 8.50. The van der Waals surface area contributed by atoms with Crippen LogP contribution in [0.1, 0.15) is 10.4 Å². The van der Waals surface area contributed by atoms with Gasteiger partial charge >= 0.3 is 0 Å². The van der Waals surface area contributed by atoms with Crippen molar-refractivity contribution in [3.8, 4) is 5.75 Å². The fourth-order valence-electron chi connectivity index (χ4n) is 2.43. The number of anilines is 1. The van der Waals surface area contributed by atoms with Crippen LogP contribution in [0.2, 0.25) is 5.02 Å². The van der Waals surface area contributed by atoms with E-state index in [0.29, 0.717) is 22.0 Å². The first kappa shape index (κ1) is 19.4. The lowest BCUT2D eigenvalue weighted by molar-refractivity contribution is 0.0976. The molecular formula is C19H17ClFN5O2. The van der Waals surface area contributed by atoms with Gasteiger partial charge in [0, 0.05) is 18.8 Å². The Balaban J connectivity index is 1.83. The minimum absolute atomic E-state index is 0.174. The van der Waals surface area contributed by atoms with E-state index in [2.05, 4.69) is 20.8 Å². The summed E-state index contributed by atoms with van der Waals surface area (Å²) in [6.07, 6.45) is 4.64. The number of hydrogen-bond acceptors (Lipinski definition) is 6. The summed E-state index contributed by atoms with van der Waals surface area (Å²) in [5.74, 6) is -0.199. The molecule has 3 rings (SSSR count). The summed E-state index contributed by atoms with van der Waals surface area (Å²) in [5.41, 5.74) is 3.73. The smallest absolute Gasteiger partial charge is 0.256 e. The van der Waals surface area contributed by atoms with E-state index in [-0.39, 0.29) is 11.5 Å². The van der Waals surface area contributed by atoms with Crippen LogP contribution >= 0.6 is 11.6 Å². The van der Waals surface area contributed by atoms with Crippen LogP contribution < -0.4 is 15.5 Å². The summed E-state index contributed by atoms with van der Waals surface area (Å²) in [4.78, 5) is 16.7. The Morgan fingerprint density at radius 2 is 2.14 bits per heavy atom. The van der Waals surface area contributed by atoms with Crippen LogP contribution in [0, 0.1) is 5.82 Å². The molecule has 1 aliphatic rings. The van der Waals surface area contributed by atoms with Gasteiger partial charge in [-0.15, -0.1) is 5.10 Å². The molecule has 2 aromatic rings. The molecule has 9 heteroatoms. The first-order chi connectivity index (χ1) is 13.5. The fourth-order valence-corrected chi connectivity index (χ4v) is 2.69. The average Bonchev–Trinajstić information content (AvgIpc) is 2.67. The molecule has 0 saturated carbocycles. The predicted molar refractivity (Wildman–Crippen MR) is 108 cm³/mol. The van der Waals surface area contributed by atoms with Gasteiger partial charge in [-0.1, -0.05) is 17.7 Å². The van der Waals surface area contributed by atoms with E-state index in [1.807, 2.05) is 0 Å². The van der Waals surface area contributed by atoms with Crippen LogP contribution in [0.5, 0.6) is 5.75 Å². The molecule has 7 nitrogen and oxygen atoms in total. The Hall–Kier alpha value is -3.39. The average molecular weight is 402 g/mol. The van der Waals surface area contributed by atoms with Gasteiger partial charge in [-0.25, -0.2) is 9.51 Å². The number of carbonyl (C=O) groups excluding carboxylic acids is 1. The third-order valence-electron chi connectivity index (χ3n) is 3.73. The van der Waals surface area contributed by atoms with Crippen LogP contribution in [-0.4, -0.2) is 37.2 Å². The summed E-state index contributed by atoms with van der Waals surface area (Å²) in [7, 11) is 3.07. The van der Waals surface area contributed by atoms with Crippen LogP contribution in [0.3, 0.4) is 0 Å². The zero-order chi connectivity index (χ0) is 20.1. The first-order valence-corrected chi connectivity index (χ1v) is 8.59. The number of hydrazone groups is 1. The fraction of sp³-hybridized carbons (Fsp3) is 0.105. The second-order valence-corrected chi connectivity index (χ2v) is 6.10. The lowest BCUT2D eigenvalue weighted by atomic mass is 10.2. The maximum Gasteiger partial charge on any atom is 0.256 e. The zero-order valence-corrected chi connectivity index (χ0v) is 15.9. The molecule has 2 aromatic carbocycles. The number of aliphatic imine (C=N–C) groups is 1. The van der Waals surface area contributed by atoms with Gasteiger partial charge in [0.25, 0.3) is 5.91 Å². The lowest BCUT2D eigenvalue weighted by Crippen LogP contribution is -2.33. The minimum Gasteiger partial charge on any atom is -0.495 e. The van der Waals surface area contributed by atoms with Crippen LogP contribution in [0.15, 0.2) is 58.6 Å². The monoisotopic (exact) mass is 401 g/mol. The third-order valence-corrected chi connectivity index (χ3v) is 4.03. The molecule has 2 N–H and O–H groups in total. The van der Waals surface area contributed by atoms with Crippen LogP contribution in [-0.2, 0) is 0 Å². The second-order valence-electron chi connectivity index (χ2n) is 5.70. The summed E-state index contributed by atoms with van der Waals surface area (Å²) < 4.78 is 19.2. The molecule has 0 atom stereocenters. The van der Waals surface area contributed by atoms with E-state index < -0.39 is 11.7 Å². The number of fused-ring (bicyclic) bond motifs is 1. The van der Waals surface area contributed by atoms with E-state index in [0.717, 1.165) is 0 Å². The first-order valence-electron chi connectivity index (χ1n) is 8.21. The number of benzene rings is 2. The topological polar surface area (TPSA) is 78.3 Å². The van der Waals surface area contributed by atoms with Crippen molar-refractivity contribution in [2.24, 2.45) is 10.1 Å². The quantitative estimate of drug-likeness (QED) is 0.803. The molecular weight excluding hydrogens is 385 g/mol. The van der Waals surface area contributed by atoms with Crippen molar-refractivity contribution in [1.29, 1.82) is 0 Å². The van der Waals surface area contributed by atoms with Crippen molar-refractivity contribution < 1.29 is 13.9 Å². The number of amides is 1. The van der Waals surface area contributed by atoms with Crippen molar-refractivity contribution in [3.63, 3.8) is 0 Å². The highest BCUT2D eigenvalue weighted by Gasteiger charge is 2.13. The number of amidine groups is 1. The normalized spacial score (nSPS) is 16.3. The number of ether oxygens (including phenoxy) is 1.